The van der Waals surface area contributed by atoms with Crippen LogP contribution in [0.25, 0.3) is 10.9 Å². The molecule has 0 amide bonds. The van der Waals surface area contributed by atoms with Crippen molar-refractivity contribution in [2.45, 2.75) is 6.92 Å². The first-order chi connectivity index (χ1) is 9.28. The van der Waals surface area contributed by atoms with Crippen molar-refractivity contribution >= 4 is 32.7 Å². The van der Waals surface area contributed by atoms with Gasteiger partial charge in [0.1, 0.15) is 12.1 Å². The van der Waals surface area contributed by atoms with E-state index in [1.807, 2.05) is 12.1 Å². The number of nitrogens with one attached hydrogen (secondary N) is 1. The van der Waals surface area contributed by atoms with Crippen LogP contribution >= 0.6 is 15.9 Å². The minimum absolute atomic E-state index is 1.01. The lowest BCUT2D eigenvalue weighted by atomic mass is 10.2. The van der Waals surface area contributed by atoms with Crippen LogP contribution < -0.4 is 9.80 Å². The highest BCUT2D eigenvalue weighted by atomic mass is 79.9. The highest BCUT2D eigenvalue weighted by Gasteiger charge is 2.21. The molecule has 1 saturated heterocycles. The second-order valence-corrected chi connectivity index (χ2v) is 5.87. The molecule has 0 atom stereocenters. The number of hydrogen-bond acceptors (Lipinski definition) is 3. The fourth-order valence-electron chi connectivity index (χ4n) is 2.66. The molecule has 19 heavy (non-hydrogen) atoms. The molecule has 0 aliphatic carbocycles. The summed E-state index contributed by atoms with van der Waals surface area (Å²) in [6, 6.07) is 6.18. The molecule has 1 aromatic heterocycles. The second kappa shape index (κ2) is 5.43. The Morgan fingerprint density at radius 3 is 2.79 bits per heavy atom. The zero-order chi connectivity index (χ0) is 13.2. The SMILES string of the molecule is CC[NH+]1CCN(c2ncnc3ccc(Br)cc23)CC1. The fraction of sp³-hybridized carbons (Fsp3) is 0.429. The number of hydrogen-bond donors (Lipinski definition) is 1. The van der Waals surface area contributed by atoms with Gasteiger partial charge in [0.05, 0.1) is 38.2 Å². The Balaban J connectivity index is 1.94. The quantitative estimate of drug-likeness (QED) is 0.900. The van der Waals surface area contributed by atoms with Gasteiger partial charge in [0.2, 0.25) is 0 Å². The lowest BCUT2D eigenvalue weighted by molar-refractivity contribution is -0.898. The predicted octanol–water partition coefficient (Wildman–Crippen LogP) is 1.12. The van der Waals surface area contributed by atoms with Crippen LogP contribution in [-0.2, 0) is 0 Å². The van der Waals surface area contributed by atoms with E-state index in [4.69, 9.17) is 0 Å². The topological polar surface area (TPSA) is 33.5 Å². The highest BCUT2D eigenvalue weighted by molar-refractivity contribution is 9.10. The monoisotopic (exact) mass is 321 g/mol. The number of benzene rings is 1. The van der Waals surface area contributed by atoms with E-state index < -0.39 is 0 Å². The number of rotatable bonds is 2. The first-order valence-electron chi connectivity index (χ1n) is 6.76. The number of quaternary nitrogens is 1. The summed E-state index contributed by atoms with van der Waals surface area (Å²) < 4.78 is 1.08. The Labute approximate surface area is 121 Å². The summed E-state index contributed by atoms with van der Waals surface area (Å²) in [5.41, 5.74) is 1.01. The van der Waals surface area contributed by atoms with Crippen LogP contribution in [0.2, 0.25) is 0 Å². The minimum Gasteiger partial charge on any atom is -0.345 e. The van der Waals surface area contributed by atoms with Crippen LogP contribution in [0, 0.1) is 0 Å². The van der Waals surface area contributed by atoms with Gasteiger partial charge in [-0.1, -0.05) is 15.9 Å². The first-order valence-corrected chi connectivity index (χ1v) is 7.56. The normalized spacial score (nSPS) is 17.1. The van der Waals surface area contributed by atoms with Crippen molar-refractivity contribution in [3.63, 3.8) is 0 Å². The molecule has 0 spiro atoms. The summed E-state index contributed by atoms with van der Waals surface area (Å²) in [6.45, 7) is 7.99. The number of halogens is 1. The maximum atomic E-state index is 4.51. The number of likely N-dealkylation sites (N-methyl/N-ethyl adjacent to an activating group) is 1. The molecular weight excluding hydrogens is 304 g/mol. The van der Waals surface area contributed by atoms with Gasteiger partial charge >= 0.3 is 0 Å². The van der Waals surface area contributed by atoms with Crippen molar-refractivity contribution in [3.05, 3.63) is 29.0 Å². The Morgan fingerprint density at radius 2 is 2.05 bits per heavy atom. The third-order valence-electron chi connectivity index (χ3n) is 3.85. The third kappa shape index (κ3) is 2.58. The minimum atomic E-state index is 1.01. The third-order valence-corrected chi connectivity index (χ3v) is 4.34. The molecule has 0 saturated carbocycles. The van der Waals surface area contributed by atoms with E-state index in [0.717, 1.165) is 34.3 Å². The summed E-state index contributed by atoms with van der Waals surface area (Å²) in [4.78, 5) is 12.9. The molecule has 1 aliphatic heterocycles. The zero-order valence-electron chi connectivity index (χ0n) is 11.1. The molecule has 1 aliphatic rings. The molecule has 2 aromatic rings. The number of aromatic nitrogens is 2. The molecule has 0 bridgehead atoms. The van der Waals surface area contributed by atoms with Gasteiger partial charge in [-0.05, 0) is 25.1 Å². The van der Waals surface area contributed by atoms with Crippen LogP contribution in [0.1, 0.15) is 6.92 Å². The molecule has 1 fully saturated rings. The Hall–Kier alpha value is -1.20. The van der Waals surface area contributed by atoms with Gasteiger partial charge in [0.25, 0.3) is 0 Å². The summed E-state index contributed by atoms with van der Waals surface area (Å²) in [5, 5.41) is 1.14. The Kier molecular flexibility index (Phi) is 3.66. The van der Waals surface area contributed by atoms with Gasteiger partial charge < -0.3 is 9.80 Å². The smallest absolute Gasteiger partial charge is 0.140 e. The Morgan fingerprint density at radius 1 is 1.26 bits per heavy atom. The average Bonchev–Trinajstić information content (AvgIpc) is 2.47. The largest absolute Gasteiger partial charge is 0.345 e. The number of piperazine rings is 1. The molecule has 3 rings (SSSR count). The number of nitrogens with zero attached hydrogens (tertiary/aromatic N) is 3. The van der Waals surface area contributed by atoms with Crippen LogP contribution in [-0.4, -0.2) is 42.7 Å². The fourth-order valence-corrected chi connectivity index (χ4v) is 3.02. The molecule has 1 N–H and O–H groups in total. The van der Waals surface area contributed by atoms with Crippen molar-refractivity contribution in [2.24, 2.45) is 0 Å². The molecule has 1 aromatic carbocycles. The summed E-state index contributed by atoms with van der Waals surface area (Å²) in [6.07, 6.45) is 1.67. The zero-order valence-corrected chi connectivity index (χ0v) is 12.7. The van der Waals surface area contributed by atoms with Crippen molar-refractivity contribution in [3.8, 4) is 0 Å². The van der Waals surface area contributed by atoms with Crippen LogP contribution in [0.3, 0.4) is 0 Å². The maximum Gasteiger partial charge on any atom is 0.140 e. The van der Waals surface area contributed by atoms with E-state index >= 15 is 0 Å². The van der Waals surface area contributed by atoms with Crippen molar-refractivity contribution < 1.29 is 4.90 Å². The van der Waals surface area contributed by atoms with E-state index in [9.17, 15) is 0 Å². The van der Waals surface area contributed by atoms with Gasteiger partial charge in [0.15, 0.2) is 0 Å². The standard InChI is InChI=1S/C14H17BrN4/c1-2-18-5-7-19(8-6-18)14-12-9-11(15)3-4-13(12)16-10-17-14/h3-4,9-10H,2,5-8H2,1H3/p+1. The Bertz CT molecular complexity index is 579. The lowest BCUT2D eigenvalue weighted by Gasteiger charge is -2.32. The molecule has 0 radical (unpaired) electrons. The summed E-state index contributed by atoms with van der Waals surface area (Å²) in [7, 11) is 0. The molecular formula is C14H18BrN4+. The molecule has 0 unspecified atom stereocenters. The average molecular weight is 322 g/mol. The van der Waals surface area contributed by atoms with E-state index in [2.05, 4.69) is 43.8 Å². The molecule has 100 valence electrons. The predicted molar refractivity (Wildman–Crippen MR) is 80.7 cm³/mol. The first kappa shape index (κ1) is 12.8. The molecule has 4 nitrogen and oxygen atoms in total. The van der Waals surface area contributed by atoms with Crippen molar-refractivity contribution in [2.75, 3.05) is 37.6 Å². The molecule has 2 heterocycles. The second-order valence-electron chi connectivity index (χ2n) is 4.95. The van der Waals surface area contributed by atoms with Crippen molar-refractivity contribution in [1.82, 2.24) is 9.97 Å². The van der Waals surface area contributed by atoms with E-state index in [-0.39, 0.29) is 0 Å². The lowest BCUT2D eigenvalue weighted by Crippen LogP contribution is -3.14. The van der Waals surface area contributed by atoms with Gasteiger partial charge in [-0.25, -0.2) is 9.97 Å². The number of fused-ring (bicyclic) bond motifs is 1. The maximum absolute atomic E-state index is 4.51. The molecule has 5 heteroatoms. The van der Waals surface area contributed by atoms with E-state index in [1.165, 1.54) is 19.6 Å². The number of anilines is 1. The highest BCUT2D eigenvalue weighted by Crippen LogP contribution is 2.25. The van der Waals surface area contributed by atoms with E-state index in [1.54, 1.807) is 11.2 Å². The van der Waals surface area contributed by atoms with Gasteiger partial charge in [-0.15, -0.1) is 0 Å². The summed E-state index contributed by atoms with van der Waals surface area (Å²) >= 11 is 3.53. The van der Waals surface area contributed by atoms with Crippen LogP contribution in [0.4, 0.5) is 5.82 Å². The van der Waals surface area contributed by atoms with Crippen molar-refractivity contribution in [1.29, 1.82) is 0 Å². The van der Waals surface area contributed by atoms with E-state index in [0.29, 0.717) is 0 Å². The van der Waals surface area contributed by atoms with Gasteiger partial charge in [-0.3, -0.25) is 0 Å². The summed E-state index contributed by atoms with van der Waals surface area (Å²) in [5.74, 6) is 1.07. The van der Waals surface area contributed by atoms with Crippen LogP contribution in [0.5, 0.6) is 0 Å². The van der Waals surface area contributed by atoms with Gasteiger partial charge in [0, 0.05) is 9.86 Å². The van der Waals surface area contributed by atoms with Gasteiger partial charge in [-0.2, -0.15) is 0 Å². The van der Waals surface area contributed by atoms with Crippen LogP contribution in [0.15, 0.2) is 29.0 Å².